The number of nitrogens with two attached hydrogens (primary N) is 1. The summed E-state index contributed by atoms with van der Waals surface area (Å²) in [5.41, 5.74) is 4.26. The molecule has 0 spiro atoms. The van der Waals surface area contributed by atoms with Crippen molar-refractivity contribution in [2.75, 3.05) is 13.7 Å². The highest BCUT2D eigenvalue weighted by atomic mass is 16.6. The van der Waals surface area contributed by atoms with Gasteiger partial charge < -0.3 is 35.1 Å². The topological polar surface area (TPSA) is 186 Å². The molecule has 1 unspecified atom stereocenters. The van der Waals surface area contributed by atoms with Gasteiger partial charge in [0.15, 0.2) is 12.3 Å². The molecule has 0 saturated carbocycles. The molecule has 2 fully saturated rings. The number of hydrogen-bond donors (Lipinski definition) is 4. The normalized spacial score (nSPS) is 26.4. The molecule has 2 saturated heterocycles. The van der Waals surface area contributed by atoms with Gasteiger partial charge in [-0.15, -0.1) is 0 Å². The Morgan fingerprint density at radius 1 is 0.889 bits per heavy atom. The Morgan fingerprint density at radius 2 is 1.49 bits per heavy atom. The molecule has 0 radical (unpaired) electrons. The molecule has 13 nitrogen and oxygen atoms in total. The van der Waals surface area contributed by atoms with E-state index in [1.54, 1.807) is 0 Å². The lowest BCUT2D eigenvalue weighted by atomic mass is 9.98. The first kappa shape index (κ1) is 36.9. The number of nitrogens with zero attached hydrogens (tertiary/aromatic N) is 2. The van der Waals surface area contributed by atoms with Crippen LogP contribution in [0.15, 0.2) is 21.9 Å². The maximum Gasteiger partial charge on any atom is 0.331 e. The van der Waals surface area contributed by atoms with Crippen LogP contribution in [0.3, 0.4) is 0 Å². The zero-order valence-electron chi connectivity index (χ0n) is 26.9. The standard InChI is InChI=1S/C32H54N4O9/c1-3-4-5-6-7-8-9-10-11-12-13-14-15-17-23(38)36-24(18-16-20-33)44-28(25(36)31(41)43-2)29-26(39)27(40)30(45-29)35-21-19-22(37)34-32(35)42/h19,21,24-30,39-40H,3-18,20,33H2,1-2H3,(H,34,37,42)/t24?,25-,26-,27+,28-,29-,30+/m0/s1. The summed E-state index contributed by atoms with van der Waals surface area (Å²) < 4.78 is 18.1. The van der Waals surface area contributed by atoms with Crippen LogP contribution in [0.2, 0.25) is 0 Å². The lowest BCUT2D eigenvalue weighted by molar-refractivity contribution is -0.155. The van der Waals surface area contributed by atoms with Gasteiger partial charge in [-0.3, -0.25) is 19.1 Å². The minimum Gasteiger partial charge on any atom is -0.467 e. The zero-order chi connectivity index (χ0) is 32.8. The van der Waals surface area contributed by atoms with Crippen molar-refractivity contribution in [3.05, 3.63) is 33.1 Å². The molecule has 45 heavy (non-hydrogen) atoms. The van der Waals surface area contributed by atoms with E-state index >= 15 is 0 Å². The SMILES string of the molecule is CCCCCCCCCCCCCCCC(=O)N1C(CCCN)O[C@H]([C@H]2O[C@@H](n3ccc(=O)[nH]c3=O)[C@H](O)[C@@H]2O)[C@H]1C(=O)OC. The number of methoxy groups -OCH3 is 1. The number of ether oxygens (including phenoxy) is 3. The van der Waals surface area contributed by atoms with Crippen molar-refractivity contribution in [1.82, 2.24) is 14.5 Å². The number of amides is 1. The van der Waals surface area contributed by atoms with Crippen molar-refractivity contribution in [2.24, 2.45) is 5.73 Å². The fourth-order valence-electron chi connectivity index (χ4n) is 6.34. The van der Waals surface area contributed by atoms with Gasteiger partial charge in [-0.1, -0.05) is 84.0 Å². The van der Waals surface area contributed by atoms with Crippen molar-refractivity contribution >= 4 is 11.9 Å². The Balaban J connectivity index is 1.59. The highest BCUT2D eigenvalue weighted by molar-refractivity contribution is 5.86. The number of esters is 1. The lowest BCUT2D eigenvalue weighted by Gasteiger charge is -2.29. The number of rotatable bonds is 20. The smallest absolute Gasteiger partial charge is 0.331 e. The lowest BCUT2D eigenvalue weighted by Crippen LogP contribution is -2.52. The Bertz CT molecular complexity index is 1160. The number of aromatic amines is 1. The van der Waals surface area contributed by atoms with E-state index in [9.17, 15) is 29.4 Å². The molecule has 2 aliphatic heterocycles. The van der Waals surface area contributed by atoms with Gasteiger partial charge in [0, 0.05) is 18.7 Å². The summed E-state index contributed by atoms with van der Waals surface area (Å²) in [6.45, 7) is 2.57. The van der Waals surface area contributed by atoms with Gasteiger partial charge in [0.05, 0.1) is 7.11 Å². The van der Waals surface area contributed by atoms with Gasteiger partial charge in [-0.05, 0) is 25.8 Å². The van der Waals surface area contributed by atoms with Crippen LogP contribution in [0.1, 0.15) is 116 Å². The fraction of sp³-hybridized carbons (Fsp3) is 0.812. The van der Waals surface area contributed by atoms with Gasteiger partial charge >= 0.3 is 11.7 Å². The summed E-state index contributed by atoms with van der Waals surface area (Å²) in [7, 11) is 1.20. The summed E-state index contributed by atoms with van der Waals surface area (Å²) in [6, 6.07) is -0.162. The van der Waals surface area contributed by atoms with Crippen LogP contribution in [-0.4, -0.2) is 86.9 Å². The minimum atomic E-state index is -1.58. The number of aliphatic hydroxyl groups is 2. The van der Waals surface area contributed by atoms with Crippen molar-refractivity contribution < 1.29 is 34.0 Å². The predicted molar refractivity (Wildman–Crippen MR) is 167 cm³/mol. The number of aliphatic hydroxyl groups excluding tert-OH is 2. The number of hydrogen-bond acceptors (Lipinski definition) is 10. The summed E-state index contributed by atoms with van der Waals surface area (Å²) >= 11 is 0. The molecule has 13 heteroatoms. The third-order valence-corrected chi connectivity index (χ3v) is 8.84. The van der Waals surface area contributed by atoms with Crippen LogP contribution in [-0.2, 0) is 23.8 Å². The Hall–Kier alpha value is -2.58. The third-order valence-electron chi connectivity index (χ3n) is 8.84. The maximum absolute atomic E-state index is 13.6. The zero-order valence-corrected chi connectivity index (χ0v) is 26.9. The van der Waals surface area contributed by atoms with Gasteiger partial charge in [-0.2, -0.15) is 0 Å². The summed E-state index contributed by atoms with van der Waals surface area (Å²) in [5, 5.41) is 21.8. The van der Waals surface area contributed by atoms with E-state index in [0.717, 1.165) is 36.1 Å². The Kier molecular flexibility index (Phi) is 15.7. The van der Waals surface area contributed by atoms with Gasteiger partial charge in [-0.25, -0.2) is 9.59 Å². The second-order valence-corrected chi connectivity index (χ2v) is 12.2. The second-order valence-electron chi connectivity index (χ2n) is 12.2. The van der Waals surface area contributed by atoms with E-state index in [-0.39, 0.29) is 12.3 Å². The first-order valence-corrected chi connectivity index (χ1v) is 16.8. The molecule has 1 aromatic rings. The fourth-order valence-corrected chi connectivity index (χ4v) is 6.34. The van der Waals surface area contributed by atoms with Crippen LogP contribution in [0.4, 0.5) is 0 Å². The average molecular weight is 639 g/mol. The van der Waals surface area contributed by atoms with Crippen LogP contribution in [0.25, 0.3) is 0 Å². The van der Waals surface area contributed by atoms with Crippen molar-refractivity contribution in [3.8, 4) is 0 Å². The van der Waals surface area contributed by atoms with Gasteiger partial charge in [0.2, 0.25) is 5.91 Å². The predicted octanol–water partition coefficient (Wildman–Crippen LogP) is 2.47. The van der Waals surface area contributed by atoms with Crippen LogP contribution in [0, 0.1) is 0 Å². The molecule has 0 aromatic carbocycles. The van der Waals surface area contributed by atoms with E-state index in [2.05, 4.69) is 11.9 Å². The number of carbonyl (C=O) groups is 2. The highest BCUT2D eigenvalue weighted by Crippen LogP contribution is 2.38. The molecule has 3 heterocycles. The van der Waals surface area contributed by atoms with E-state index in [4.69, 9.17) is 19.9 Å². The molecule has 0 bridgehead atoms. The van der Waals surface area contributed by atoms with Gasteiger partial charge in [0.1, 0.15) is 30.6 Å². The molecule has 0 aliphatic carbocycles. The summed E-state index contributed by atoms with van der Waals surface area (Å²) in [6.07, 6.45) is 9.73. The van der Waals surface area contributed by atoms with E-state index in [0.29, 0.717) is 25.8 Å². The molecule has 2 aliphatic rings. The van der Waals surface area contributed by atoms with Crippen molar-refractivity contribution in [1.29, 1.82) is 0 Å². The molecule has 1 aromatic heterocycles. The molecular weight excluding hydrogens is 584 g/mol. The molecule has 5 N–H and O–H groups in total. The largest absolute Gasteiger partial charge is 0.467 e. The third kappa shape index (κ3) is 10.2. The van der Waals surface area contributed by atoms with Crippen LogP contribution in [0.5, 0.6) is 0 Å². The number of aromatic nitrogens is 2. The van der Waals surface area contributed by atoms with E-state index in [1.807, 2.05) is 0 Å². The summed E-state index contributed by atoms with van der Waals surface area (Å²) in [5.74, 6) is -1.02. The number of nitrogens with one attached hydrogen (secondary N) is 1. The minimum absolute atomic E-state index is 0.215. The van der Waals surface area contributed by atoms with Gasteiger partial charge in [0.25, 0.3) is 5.56 Å². The maximum atomic E-state index is 13.6. The van der Waals surface area contributed by atoms with Crippen LogP contribution >= 0.6 is 0 Å². The number of H-pyrrole nitrogens is 1. The molecule has 3 rings (SSSR count). The Labute approximate surface area is 265 Å². The monoisotopic (exact) mass is 638 g/mol. The quantitative estimate of drug-likeness (QED) is 0.122. The van der Waals surface area contributed by atoms with E-state index < -0.39 is 60.1 Å². The first-order chi connectivity index (χ1) is 21.7. The van der Waals surface area contributed by atoms with Crippen molar-refractivity contribution in [3.63, 3.8) is 0 Å². The Morgan fingerprint density at radius 3 is 2.04 bits per heavy atom. The van der Waals surface area contributed by atoms with E-state index in [1.165, 1.54) is 69.8 Å². The van der Waals surface area contributed by atoms with Crippen molar-refractivity contribution in [2.45, 2.75) is 153 Å². The van der Waals surface area contributed by atoms with Crippen LogP contribution < -0.4 is 17.0 Å². The summed E-state index contributed by atoms with van der Waals surface area (Å²) in [4.78, 5) is 54.1. The molecule has 1 amide bonds. The average Bonchev–Trinajstić information content (AvgIpc) is 3.54. The number of unbranched alkanes of at least 4 members (excludes halogenated alkanes) is 12. The first-order valence-electron chi connectivity index (χ1n) is 16.8. The second kappa shape index (κ2) is 19.2. The molecule has 7 atom stereocenters. The molecule has 256 valence electrons. The molecular formula is C32H54N4O9. The highest BCUT2D eigenvalue weighted by Gasteiger charge is 2.58. The number of carbonyl (C=O) groups excluding carboxylic acids is 2.